The number of nitro groups is 1. The number of ether oxygens (including phenoxy) is 1. The third-order valence-electron chi connectivity index (χ3n) is 5.48. The summed E-state index contributed by atoms with van der Waals surface area (Å²) in [4.78, 5) is 23.1. The largest absolute Gasteiger partial charge is 0.507 e. The van der Waals surface area contributed by atoms with Gasteiger partial charge in [0.15, 0.2) is 0 Å². The molecule has 1 amide bonds. The summed E-state index contributed by atoms with van der Waals surface area (Å²) in [7, 11) is 1.58. The van der Waals surface area contributed by atoms with Crippen LogP contribution in [-0.4, -0.2) is 29.6 Å². The highest BCUT2D eigenvalue weighted by molar-refractivity contribution is 6.01. The Morgan fingerprint density at radius 3 is 2.30 bits per heavy atom. The van der Waals surface area contributed by atoms with E-state index in [-0.39, 0.29) is 22.9 Å². The fraction of sp³-hybridized carbons (Fsp3) is 0.115. The molecule has 0 atom stereocenters. The van der Waals surface area contributed by atoms with Crippen LogP contribution in [0.15, 0.2) is 78.9 Å². The number of benzene rings is 4. The first-order chi connectivity index (χ1) is 16.0. The number of methoxy groups -OCH3 is 1. The predicted molar refractivity (Wildman–Crippen MR) is 127 cm³/mol. The van der Waals surface area contributed by atoms with Crippen molar-refractivity contribution in [1.82, 2.24) is 5.32 Å². The SMILES string of the molecule is COc1ccc(-c2ccc([N+](=O)[O-])cc2)cc1CCNC(=O)c1cc2ccccc2cc1O. The summed E-state index contributed by atoms with van der Waals surface area (Å²) in [5.74, 6) is 0.260. The van der Waals surface area contributed by atoms with Gasteiger partial charge in [0.2, 0.25) is 0 Å². The Morgan fingerprint density at radius 2 is 1.64 bits per heavy atom. The average Bonchev–Trinajstić information content (AvgIpc) is 2.83. The molecule has 0 spiro atoms. The maximum absolute atomic E-state index is 12.7. The smallest absolute Gasteiger partial charge is 0.269 e. The van der Waals surface area contributed by atoms with Crippen LogP contribution in [0.2, 0.25) is 0 Å². The van der Waals surface area contributed by atoms with Gasteiger partial charge in [-0.15, -0.1) is 0 Å². The zero-order chi connectivity index (χ0) is 23.4. The third-order valence-corrected chi connectivity index (χ3v) is 5.48. The average molecular weight is 442 g/mol. The summed E-state index contributed by atoms with van der Waals surface area (Å²) in [5, 5.41) is 25.7. The van der Waals surface area contributed by atoms with E-state index in [4.69, 9.17) is 4.74 Å². The minimum Gasteiger partial charge on any atom is -0.507 e. The number of amides is 1. The minimum absolute atomic E-state index is 0.0344. The summed E-state index contributed by atoms with van der Waals surface area (Å²) in [6.45, 7) is 0.338. The van der Waals surface area contributed by atoms with Gasteiger partial charge in [0.1, 0.15) is 11.5 Å². The van der Waals surface area contributed by atoms with Crippen molar-refractivity contribution in [2.24, 2.45) is 0 Å². The summed E-state index contributed by atoms with van der Waals surface area (Å²) in [5.41, 5.74) is 2.87. The van der Waals surface area contributed by atoms with Crippen LogP contribution in [0.4, 0.5) is 5.69 Å². The molecule has 33 heavy (non-hydrogen) atoms. The molecular formula is C26H22N2O5. The Hall–Kier alpha value is -4.39. The lowest BCUT2D eigenvalue weighted by atomic mass is 10.0. The van der Waals surface area contributed by atoms with Crippen molar-refractivity contribution >= 4 is 22.4 Å². The van der Waals surface area contributed by atoms with E-state index in [0.717, 1.165) is 27.5 Å². The van der Waals surface area contributed by atoms with E-state index in [9.17, 15) is 20.0 Å². The number of carbonyl (C=O) groups excluding carboxylic acids is 1. The number of nitro benzene ring substituents is 1. The van der Waals surface area contributed by atoms with E-state index < -0.39 is 4.92 Å². The number of non-ortho nitro benzene ring substituents is 1. The van der Waals surface area contributed by atoms with E-state index in [0.29, 0.717) is 18.7 Å². The lowest BCUT2D eigenvalue weighted by Gasteiger charge is -2.12. The Morgan fingerprint density at radius 1 is 0.970 bits per heavy atom. The standard InChI is InChI=1S/C26H22N2O5/c1-33-25-11-8-20(17-6-9-22(10-7-17)28(31)32)14-21(25)12-13-27-26(30)23-15-18-4-2-3-5-19(18)16-24(23)29/h2-11,14-16,29H,12-13H2,1H3,(H,27,30). The molecule has 0 aliphatic heterocycles. The minimum atomic E-state index is -0.431. The molecule has 0 radical (unpaired) electrons. The molecule has 0 aliphatic rings. The number of nitrogens with one attached hydrogen (secondary N) is 1. The second kappa shape index (κ2) is 9.40. The third kappa shape index (κ3) is 4.77. The number of hydrogen-bond donors (Lipinski definition) is 2. The monoisotopic (exact) mass is 442 g/mol. The maximum atomic E-state index is 12.7. The fourth-order valence-corrected chi connectivity index (χ4v) is 3.75. The summed E-state index contributed by atoms with van der Waals surface area (Å²) < 4.78 is 5.45. The van der Waals surface area contributed by atoms with Gasteiger partial charge in [-0.05, 0) is 70.3 Å². The van der Waals surface area contributed by atoms with Crippen LogP contribution >= 0.6 is 0 Å². The number of phenolic OH excluding ortho intramolecular Hbond substituents is 1. The molecule has 0 fully saturated rings. The molecule has 4 aromatic carbocycles. The van der Waals surface area contributed by atoms with Crippen LogP contribution in [-0.2, 0) is 6.42 Å². The highest BCUT2D eigenvalue weighted by Gasteiger charge is 2.13. The molecule has 4 rings (SSSR count). The molecule has 0 heterocycles. The Balaban J connectivity index is 1.48. The number of fused-ring (bicyclic) bond motifs is 1. The number of phenols is 1. The van der Waals surface area contributed by atoms with Crippen molar-refractivity contribution in [3.05, 3.63) is 100 Å². The quantitative estimate of drug-likeness (QED) is 0.306. The number of aromatic hydroxyl groups is 1. The van der Waals surface area contributed by atoms with Crippen LogP contribution in [0.1, 0.15) is 15.9 Å². The van der Waals surface area contributed by atoms with Crippen molar-refractivity contribution in [2.45, 2.75) is 6.42 Å². The molecule has 0 saturated carbocycles. The van der Waals surface area contributed by atoms with E-state index in [1.165, 1.54) is 12.1 Å². The Labute approximate surface area is 190 Å². The molecule has 4 aromatic rings. The Kier molecular flexibility index (Phi) is 6.22. The van der Waals surface area contributed by atoms with Gasteiger partial charge < -0.3 is 15.2 Å². The van der Waals surface area contributed by atoms with E-state index in [1.807, 2.05) is 42.5 Å². The molecule has 0 bridgehead atoms. The zero-order valence-electron chi connectivity index (χ0n) is 17.9. The van der Waals surface area contributed by atoms with E-state index in [2.05, 4.69) is 5.32 Å². The maximum Gasteiger partial charge on any atom is 0.269 e. The highest BCUT2D eigenvalue weighted by atomic mass is 16.6. The summed E-state index contributed by atoms with van der Waals surface area (Å²) >= 11 is 0. The van der Waals surface area contributed by atoms with Crippen molar-refractivity contribution in [3.8, 4) is 22.6 Å². The molecule has 0 aromatic heterocycles. The second-order valence-corrected chi connectivity index (χ2v) is 7.55. The predicted octanol–water partition coefficient (Wildman–Crippen LogP) is 5.10. The van der Waals surface area contributed by atoms with Gasteiger partial charge in [-0.2, -0.15) is 0 Å². The Bertz CT molecular complexity index is 1330. The molecule has 2 N–H and O–H groups in total. The van der Waals surface area contributed by atoms with Crippen molar-refractivity contribution in [2.75, 3.05) is 13.7 Å². The normalized spacial score (nSPS) is 10.7. The van der Waals surface area contributed by atoms with Crippen LogP contribution in [0, 0.1) is 10.1 Å². The second-order valence-electron chi connectivity index (χ2n) is 7.55. The lowest BCUT2D eigenvalue weighted by Crippen LogP contribution is -2.25. The van der Waals surface area contributed by atoms with Gasteiger partial charge in [0.05, 0.1) is 17.6 Å². The number of carbonyl (C=O) groups is 1. The van der Waals surface area contributed by atoms with Gasteiger partial charge in [-0.25, -0.2) is 0 Å². The zero-order valence-corrected chi connectivity index (χ0v) is 17.9. The number of hydrogen-bond acceptors (Lipinski definition) is 5. The summed E-state index contributed by atoms with van der Waals surface area (Å²) in [6.07, 6.45) is 0.504. The van der Waals surface area contributed by atoms with Gasteiger partial charge in [0, 0.05) is 18.7 Å². The number of rotatable bonds is 7. The topological polar surface area (TPSA) is 102 Å². The van der Waals surface area contributed by atoms with Gasteiger partial charge in [-0.1, -0.05) is 30.3 Å². The van der Waals surface area contributed by atoms with Gasteiger partial charge in [-0.3, -0.25) is 14.9 Å². The molecule has 166 valence electrons. The highest BCUT2D eigenvalue weighted by Crippen LogP contribution is 2.29. The van der Waals surface area contributed by atoms with E-state index >= 15 is 0 Å². The van der Waals surface area contributed by atoms with Gasteiger partial charge >= 0.3 is 0 Å². The van der Waals surface area contributed by atoms with Crippen LogP contribution in [0.3, 0.4) is 0 Å². The van der Waals surface area contributed by atoms with Crippen molar-refractivity contribution in [1.29, 1.82) is 0 Å². The molecule has 0 saturated heterocycles. The molecule has 7 heteroatoms. The van der Waals surface area contributed by atoms with Crippen molar-refractivity contribution < 1.29 is 19.6 Å². The van der Waals surface area contributed by atoms with Gasteiger partial charge in [0.25, 0.3) is 11.6 Å². The van der Waals surface area contributed by atoms with Crippen LogP contribution < -0.4 is 10.1 Å². The molecular weight excluding hydrogens is 420 g/mol. The molecule has 7 nitrogen and oxygen atoms in total. The van der Waals surface area contributed by atoms with Crippen molar-refractivity contribution in [3.63, 3.8) is 0 Å². The first-order valence-corrected chi connectivity index (χ1v) is 10.4. The lowest BCUT2D eigenvalue weighted by molar-refractivity contribution is -0.384. The van der Waals surface area contributed by atoms with Crippen LogP contribution in [0.25, 0.3) is 21.9 Å². The molecule has 0 unspecified atom stereocenters. The first kappa shape index (κ1) is 21.8. The number of nitrogens with zero attached hydrogens (tertiary/aromatic N) is 1. The first-order valence-electron chi connectivity index (χ1n) is 10.4. The summed E-state index contributed by atoms with van der Waals surface area (Å²) in [6, 6.07) is 22.8. The van der Waals surface area contributed by atoms with E-state index in [1.54, 1.807) is 31.4 Å². The molecule has 0 aliphatic carbocycles. The van der Waals surface area contributed by atoms with Crippen LogP contribution in [0.5, 0.6) is 11.5 Å². The fourth-order valence-electron chi connectivity index (χ4n) is 3.75.